The first-order chi connectivity index (χ1) is 7.72. The summed E-state index contributed by atoms with van der Waals surface area (Å²) in [4.78, 5) is 16.9. The molecule has 0 saturated carbocycles. The maximum atomic E-state index is 10.8. The van der Waals surface area contributed by atoms with Gasteiger partial charge in [0.15, 0.2) is 0 Å². The van der Waals surface area contributed by atoms with Crippen LogP contribution >= 0.6 is 0 Å². The molecule has 1 atom stereocenters. The third kappa shape index (κ3) is 1.75. The summed E-state index contributed by atoms with van der Waals surface area (Å²) in [6.07, 6.45) is 2.01. The minimum absolute atomic E-state index is 0.239. The van der Waals surface area contributed by atoms with E-state index >= 15 is 0 Å². The van der Waals surface area contributed by atoms with Crippen molar-refractivity contribution in [2.75, 3.05) is 0 Å². The van der Waals surface area contributed by atoms with Crippen LogP contribution < -0.4 is 0 Å². The zero-order chi connectivity index (χ0) is 11.5. The molecule has 0 aliphatic rings. The molecule has 1 heterocycles. The molecule has 0 fully saturated rings. The molecule has 80 valence electrons. The Morgan fingerprint density at radius 3 is 2.94 bits per heavy atom. The van der Waals surface area contributed by atoms with Gasteiger partial charge in [-0.25, -0.2) is 11.4 Å². The second kappa shape index (κ2) is 4.07. The van der Waals surface area contributed by atoms with Crippen LogP contribution in [-0.4, -0.2) is 22.1 Å². The van der Waals surface area contributed by atoms with Crippen LogP contribution in [0.1, 0.15) is 5.56 Å². The fourth-order valence-corrected chi connectivity index (χ4v) is 1.70. The molecule has 1 aromatic carbocycles. The molecular formula is C12H10N2O2. The SMILES string of the molecule is [C-]#[N+][C@@H](Cc1c[nH]c2ccccc12)C(=O)O. The normalized spacial score (nSPS) is 12.2. The first-order valence-electron chi connectivity index (χ1n) is 4.86. The molecule has 0 bridgehead atoms. The number of carbonyl (C=O) groups is 1. The second-order valence-electron chi connectivity index (χ2n) is 3.55. The predicted octanol–water partition coefficient (Wildman–Crippen LogP) is 2.08. The van der Waals surface area contributed by atoms with Crippen LogP contribution in [0.25, 0.3) is 15.7 Å². The minimum Gasteiger partial charge on any atom is -0.476 e. The molecule has 0 amide bonds. The highest BCUT2D eigenvalue weighted by atomic mass is 16.4. The number of benzene rings is 1. The van der Waals surface area contributed by atoms with Gasteiger partial charge in [-0.3, -0.25) is 0 Å². The first kappa shape index (κ1) is 10.2. The summed E-state index contributed by atoms with van der Waals surface area (Å²) in [5, 5.41) is 9.80. The van der Waals surface area contributed by atoms with E-state index in [-0.39, 0.29) is 6.42 Å². The number of para-hydroxylation sites is 1. The van der Waals surface area contributed by atoms with Crippen molar-refractivity contribution >= 4 is 16.9 Å². The van der Waals surface area contributed by atoms with Crippen molar-refractivity contribution in [1.82, 2.24) is 4.98 Å². The molecule has 2 aromatic rings. The number of hydrogen-bond acceptors (Lipinski definition) is 1. The van der Waals surface area contributed by atoms with Crippen molar-refractivity contribution in [3.05, 3.63) is 47.4 Å². The molecule has 1 aromatic heterocycles. The van der Waals surface area contributed by atoms with Crippen LogP contribution in [-0.2, 0) is 11.2 Å². The number of H-pyrrole nitrogens is 1. The summed E-state index contributed by atoms with van der Waals surface area (Å²) in [6, 6.07) is 6.65. The molecule has 0 unspecified atom stereocenters. The van der Waals surface area contributed by atoms with E-state index in [1.165, 1.54) is 0 Å². The molecule has 2 N–H and O–H groups in total. The van der Waals surface area contributed by atoms with Gasteiger partial charge in [0.05, 0.1) is 6.42 Å². The Balaban J connectivity index is 2.35. The highest BCUT2D eigenvalue weighted by Gasteiger charge is 2.23. The Bertz CT molecular complexity index is 566. The summed E-state index contributed by atoms with van der Waals surface area (Å²) < 4.78 is 0. The van der Waals surface area contributed by atoms with Gasteiger partial charge in [-0.05, 0) is 11.6 Å². The van der Waals surface area contributed by atoms with Gasteiger partial charge in [0.2, 0.25) is 0 Å². The quantitative estimate of drug-likeness (QED) is 0.768. The fraction of sp³-hybridized carbons (Fsp3) is 0.167. The molecule has 0 saturated heterocycles. The number of aliphatic carboxylic acids is 1. The van der Waals surface area contributed by atoms with E-state index in [1.807, 2.05) is 24.3 Å². The third-order valence-electron chi connectivity index (χ3n) is 2.53. The molecule has 16 heavy (non-hydrogen) atoms. The van der Waals surface area contributed by atoms with Gasteiger partial charge in [-0.15, -0.1) is 0 Å². The molecule has 0 aliphatic carbocycles. The van der Waals surface area contributed by atoms with Crippen LogP contribution in [0.3, 0.4) is 0 Å². The molecule has 4 nitrogen and oxygen atoms in total. The highest BCUT2D eigenvalue weighted by Crippen LogP contribution is 2.19. The van der Waals surface area contributed by atoms with Crippen molar-refractivity contribution in [2.45, 2.75) is 12.5 Å². The molecule has 0 aliphatic heterocycles. The number of carboxylic acid groups (broad SMARTS) is 1. The van der Waals surface area contributed by atoms with Gasteiger partial charge in [-0.2, -0.15) is 0 Å². The zero-order valence-electron chi connectivity index (χ0n) is 8.47. The number of hydrogen-bond donors (Lipinski definition) is 2. The number of rotatable bonds is 3. The summed E-state index contributed by atoms with van der Waals surface area (Å²) in [6.45, 7) is 6.83. The number of aromatic nitrogens is 1. The van der Waals surface area contributed by atoms with Crippen LogP contribution in [0, 0.1) is 6.57 Å². The fourth-order valence-electron chi connectivity index (χ4n) is 1.70. The van der Waals surface area contributed by atoms with Crippen molar-refractivity contribution in [2.24, 2.45) is 0 Å². The molecule has 0 radical (unpaired) electrons. The third-order valence-corrected chi connectivity index (χ3v) is 2.53. The Morgan fingerprint density at radius 1 is 1.50 bits per heavy atom. The zero-order valence-corrected chi connectivity index (χ0v) is 8.47. The van der Waals surface area contributed by atoms with Gasteiger partial charge < -0.3 is 14.9 Å². The largest absolute Gasteiger partial charge is 0.476 e. The smallest absolute Gasteiger partial charge is 0.388 e. The van der Waals surface area contributed by atoms with Gasteiger partial charge in [0, 0.05) is 17.1 Å². The van der Waals surface area contributed by atoms with Crippen LogP contribution in [0.4, 0.5) is 0 Å². The van der Waals surface area contributed by atoms with Crippen LogP contribution in [0.5, 0.6) is 0 Å². The lowest BCUT2D eigenvalue weighted by molar-refractivity contribution is -0.137. The standard InChI is InChI=1S/C12H10N2O2/c1-13-11(12(15)16)6-8-7-14-10-5-3-2-4-9(8)10/h2-5,7,11,14H,6H2,(H,15,16)/t11-/m0/s1. The maximum Gasteiger partial charge on any atom is 0.388 e. The molecule has 4 heteroatoms. The number of carboxylic acids is 1. The average Bonchev–Trinajstić information content (AvgIpc) is 2.69. The van der Waals surface area contributed by atoms with E-state index in [4.69, 9.17) is 11.7 Å². The van der Waals surface area contributed by atoms with Crippen LogP contribution in [0.2, 0.25) is 0 Å². The maximum absolute atomic E-state index is 10.8. The van der Waals surface area contributed by atoms with E-state index in [2.05, 4.69) is 9.83 Å². The number of fused-ring (bicyclic) bond motifs is 1. The lowest BCUT2D eigenvalue weighted by Crippen LogP contribution is -2.18. The van der Waals surface area contributed by atoms with E-state index in [1.54, 1.807) is 6.20 Å². The monoisotopic (exact) mass is 214 g/mol. The molecule has 0 spiro atoms. The van der Waals surface area contributed by atoms with Gasteiger partial charge in [0.25, 0.3) is 0 Å². The number of nitrogens with zero attached hydrogens (tertiary/aromatic N) is 1. The topological polar surface area (TPSA) is 57.5 Å². The van der Waals surface area contributed by atoms with E-state index in [9.17, 15) is 4.79 Å². The van der Waals surface area contributed by atoms with Crippen LogP contribution in [0.15, 0.2) is 30.5 Å². The lowest BCUT2D eigenvalue weighted by Gasteiger charge is -1.99. The molecular weight excluding hydrogens is 204 g/mol. The van der Waals surface area contributed by atoms with Crippen molar-refractivity contribution in [3.63, 3.8) is 0 Å². The number of nitrogens with one attached hydrogen (secondary N) is 1. The highest BCUT2D eigenvalue weighted by molar-refractivity contribution is 5.84. The van der Waals surface area contributed by atoms with Gasteiger partial charge in [0.1, 0.15) is 0 Å². The van der Waals surface area contributed by atoms with Gasteiger partial charge in [-0.1, -0.05) is 18.2 Å². The van der Waals surface area contributed by atoms with Gasteiger partial charge >= 0.3 is 12.0 Å². The Kier molecular flexibility index (Phi) is 2.61. The van der Waals surface area contributed by atoms with Crippen molar-refractivity contribution in [3.8, 4) is 0 Å². The summed E-state index contributed by atoms with van der Waals surface area (Å²) in [5.41, 5.74) is 1.84. The first-order valence-corrected chi connectivity index (χ1v) is 4.86. The predicted molar refractivity (Wildman–Crippen MR) is 60.0 cm³/mol. The lowest BCUT2D eigenvalue weighted by atomic mass is 10.1. The Morgan fingerprint density at radius 2 is 2.25 bits per heavy atom. The Hall–Kier alpha value is -2.28. The Labute approximate surface area is 92.3 Å². The minimum atomic E-state index is -1.07. The number of aromatic amines is 1. The van der Waals surface area contributed by atoms with E-state index < -0.39 is 12.0 Å². The van der Waals surface area contributed by atoms with E-state index in [0.717, 1.165) is 16.5 Å². The van der Waals surface area contributed by atoms with Crippen molar-refractivity contribution < 1.29 is 9.90 Å². The van der Waals surface area contributed by atoms with Crippen molar-refractivity contribution in [1.29, 1.82) is 0 Å². The van der Waals surface area contributed by atoms with E-state index in [0.29, 0.717) is 0 Å². The second-order valence-corrected chi connectivity index (χ2v) is 3.55. The summed E-state index contributed by atoms with van der Waals surface area (Å²) in [7, 11) is 0. The molecule has 2 rings (SSSR count). The summed E-state index contributed by atoms with van der Waals surface area (Å²) in [5.74, 6) is -1.07. The average molecular weight is 214 g/mol. The summed E-state index contributed by atoms with van der Waals surface area (Å²) >= 11 is 0.